The molecule has 20 heavy (non-hydrogen) atoms. The largest absolute Gasteiger partial charge is 0.363 e. The van der Waals surface area contributed by atoms with Gasteiger partial charge in [0.25, 0.3) is 0 Å². The number of aryl methyl sites for hydroxylation is 2. The van der Waals surface area contributed by atoms with Gasteiger partial charge >= 0.3 is 0 Å². The molecule has 1 atom stereocenters. The number of anilines is 1. The molecule has 0 aromatic carbocycles. The smallest absolute Gasteiger partial charge is 0.150 e. The van der Waals surface area contributed by atoms with Crippen LogP contribution in [0.4, 0.5) is 5.82 Å². The molecule has 1 aromatic heterocycles. The molecule has 114 valence electrons. The molecular formula is C13H24N4O2S. The molecule has 1 fully saturated rings. The Morgan fingerprint density at radius 3 is 2.70 bits per heavy atom. The highest BCUT2D eigenvalue weighted by atomic mass is 32.2. The van der Waals surface area contributed by atoms with E-state index in [2.05, 4.69) is 15.3 Å². The Hall–Kier alpha value is -1.08. The molecule has 0 spiro atoms. The van der Waals surface area contributed by atoms with Crippen LogP contribution in [0.3, 0.4) is 0 Å². The zero-order valence-corrected chi connectivity index (χ0v) is 13.5. The Bertz CT molecular complexity index is 577. The zero-order valence-electron chi connectivity index (χ0n) is 12.7. The fraction of sp³-hybridized carbons (Fsp3) is 0.769. The summed E-state index contributed by atoms with van der Waals surface area (Å²) in [5, 5.41) is 7.83. The summed E-state index contributed by atoms with van der Waals surface area (Å²) in [6, 6.07) is 0. The number of hydrogen-bond acceptors (Lipinski definition) is 5. The molecule has 7 heteroatoms. The predicted octanol–water partition coefficient (Wildman–Crippen LogP) is 0.319. The normalized spacial score (nSPS) is 21.3. The molecule has 2 heterocycles. The van der Waals surface area contributed by atoms with Crippen LogP contribution in [0.5, 0.6) is 0 Å². The van der Waals surface area contributed by atoms with Crippen molar-refractivity contribution < 1.29 is 8.42 Å². The van der Waals surface area contributed by atoms with E-state index in [9.17, 15) is 8.42 Å². The number of sulfone groups is 1. The molecule has 1 aliphatic rings. The van der Waals surface area contributed by atoms with Gasteiger partial charge in [0.1, 0.15) is 5.82 Å². The summed E-state index contributed by atoms with van der Waals surface area (Å²) in [7, 11) is 3.17. The third kappa shape index (κ3) is 3.32. The maximum Gasteiger partial charge on any atom is 0.150 e. The van der Waals surface area contributed by atoms with Gasteiger partial charge in [-0.15, -0.1) is 0 Å². The van der Waals surface area contributed by atoms with Gasteiger partial charge in [0.2, 0.25) is 0 Å². The number of rotatable bonds is 5. The van der Waals surface area contributed by atoms with Crippen molar-refractivity contribution in [2.45, 2.75) is 19.9 Å². The van der Waals surface area contributed by atoms with Gasteiger partial charge < -0.3 is 10.2 Å². The predicted molar refractivity (Wildman–Crippen MR) is 80.7 cm³/mol. The molecule has 1 aromatic rings. The van der Waals surface area contributed by atoms with Crippen LogP contribution in [0.1, 0.15) is 17.7 Å². The van der Waals surface area contributed by atoms with Crippen molar-refractivity contribution in [3.63, 3.8) is 0 Å². The fourth-order valence-electron chi connectivity index (χ4n) is 2.89. The van der Waals surface area contributed by atoms with Crippen LogP contribution in [0.25, 0.3) is 0 Å². The van der Waals surface area contributed by atoms with E-state index in [-0.39, 0.29) is 5.92 Å². The summed E-state index contributed by atoms with van der Waals surface area (Å²) < 4.78 is 24.7. The van der Waals surface area contributed by atoms with Gasteiger partial charge in [-0.3, -0.25) is 4.68 Å². The first-order valence-corrected chi connectivity index (χ1v) is 8.73. The van der Waals surface area contributed by atoms with Crippen LogP contribution in [0, 0.1) is 12.8 Å². The van der Waals surface area contributed by atoms with Gasteiger partial charge in [0.15, 0.2) is 9.84 Å². The van der Waals surface area contributed by atoms with Crippen molar-refractivity contribution in [1.82, 2.24) is 15.1 Å². The second kappa shape index (κ2) is 5.73. The average molecular weight is 300 g/mol. The zero-order chi connectivity index (χ0) is 14.9. The molecule has 2 rings (SSSR count). The Kier molecular flexibility index (Phi) is 4.39. The number of hydrogen-bond donors (Lipinski definition) is 1. The van der Waals surface area contributed by atoms with E-state index in [0.717, 1.165) is 31.0 Å². The lowest BCUT2D eigenvalue weighted by molar-refractivity contribution is 0.520. The molecule has 0 saturated carbocycles. The van der Waals surface area contributed by atoms with Crippen molar-refractivity contribution in [3.05, 3.63) is 11.3 Å². The van der Waals surface area contributed by atoms with Crippen LogP contribution >= 0.6 is 0 Å². The summed E-state index contributed by atoms with van der Waals surface area (Å²) in [6.07, 6.45) is 0.780. The Morgan fingerprint density at radius 2 is 2.15 bits per heavy atom. The first-order valence-electron chi connectivity index (χ1n) is 6.91. The maximum atomic E-state index is 11.4. The summed E-state index contributed by atoms with van der Waals surface area (Å²) in [5.74, 6) is 2.01. The maximum absolute atomic E-state index is 11.4. The average Bonchev–Trinajstić information content (AvgIpc) is 2.79. The highest BCUT2D eigenvalue weighted by molar-refractivity contribution is 7.91. The lowest BCUT2D eigenvalue weighted by atomic mass is 10.1. The fourth-order valence-corrected chi connectivity index (χ4v) is 4.75. The van der Waals surface area contributed by atoms with Gasteiger partial charge in [0.05, 0.1) is 17.2 Å². The van der Waals surface area contributed by atoms with Gasteiger partial charge in [-0.05, 0) is 25.8 Å². The van der Waals surface area contributed by atoms with E-state index in [0.29, 0.717) is 11.5 Å². The molecule has 1 saturated heterocycles. The SMILES string of the molecule is Cc1nn(C)c(N(C)C)c1CNC[C@@H]1CCS(=O)(=O)C1. The van der Waals surface area contributed by atoms with E-state index in [1.54, 1.807) is 0 Å². The lowest BCUT2D eigenvalue weighted by Crippen LogP contribution is -2.24. The summed E-state index contributed by atoms with van der Waals surface area (Å²) in [5.41, 5.74) is 2.20. The topological polar surface area (TPSA) is 67.2 Å². The standard InChI is InChI=1S/C13H24N4O2S/c1-10-12(13(16(2)3)17(4)15-10)8-14-7-11-5-6-20(18,19)9-11/h11,14H,5-9H2,1-4H3/t11-/m0/s1. The monoisotopic (exact) mass is 300 g/mol. The summed E-state index contributed by atoms with van der Waals surface area (Å²) >= 11 is 0. The number of aromatic nitrogens is 2. The van der Waals surface area contributed by atoms with Crippen LogP contribution in [0.15, 0.2) is 0 Å². The Labute approximate surface area is 121 Å². The molecule has 1 aliphatic heterocycles. The molecule has 0 bridgehead atoms. The highest BCUT2D eigenvalue weighted by Crippen LogP contribution is 2.22. The molecule has 0 unspecified atom stereocenters. The van der Waals surface area contributed by atoms with Crippen molar-refractivity contribution in [1.29, 1.82) is 0 Å². The van der Waals surface area contributed by atoms with E-state index in [1.807, 2.05) is 32.7 Å². The van der Waals surface area contributed by atoms with Gasteiger partial charge in [-0.25, -0.2) is 8.42 Å². The lowest BCUT2D eigenvalue weighted by Gasteiger charge is -2.16. The highest BCUT2D eigenvalue weighted by Gasteiger charge is 2.27. The Balaban J connectivity index is 1.95. The van der Waals surface area contributed by atoms with E-state index in [1.165, 1.54) is 5.56 Å². The van der Waals surface area contributed by atoms with Crippen molar-refractivity contribution in [3.8, 4) is 0 Å². The third-order valence-electron chi connectivity index (χ3n) is 3.80. The van der Waals surface area contributed by atoms with Crippen molar-refractivity contribution in [2.24, 2.45) is 13.0 Å². The van der Waals surface area contributed by atoms with E-state index in [4.69, 9.17) is 0 Å². The molecule has 1 N–H and O–H groups in total. The van der Waals surface area contributed by atoms with Crippen LogP contribution in [0.2, 0.25) is 0 Å². The van der Waals surface area contributed by atoms with Gasteiger partial charge in [-0.1, -0.05) is 0 Å². The second-order valence-electron chi connectivity index (χ2n) is 5.81. The molecule has 0 radical (unpaired) electrons. The summed E-state index contributed by atoms with van der Waals surface area (Å²) in [4.78, 5) is 2.05. The van der Waals surface area contributed by atoms with Gasteiger partial charge in [0, 0.05) is 33.3 Å². The van der Waals surface area contributed by atoms with E-state index < -0.39 is 9.84 Å². The molecular weight excluding hydrogens is 276 g/mol. The molecule has 0 aliphatic carbocycles. The Morgan fingerprint density at radius 1 is 1.45 bits per heavy atom. The van der Waals surface area contributed by atoms with Crippen LogP contribution in [-0.4, -0.2) is 50.3 Å². The minimum Gasteiger partial charge on any atom is -0.363 e. The minimum absolute atomic E-state index is 0.250. The van der Waals surface area contributed by atoms with Crippen molar-refractivity contribution in [2.75, 3.05) is 37.0 Å². The summed E-state index contributed by atoms with van der Waals surface area (Å²) in [6.45, 7) is 3.48. The van der Waals surface area contributed by atoms with Crippen LogP contribution in [-0.2, 0) is 23.4 Å². The first-order chi connectivity index (χ1) is 9.30. The minimum atomic E-state index is -2.78. The van der Waals surface area contributed by atoms with E-state index >= 15 is 0 Å². The van der Waals surface area contributed by atoms with Gasteiger partial charge in [-0.2, -0.15) is 5.10 Å². The van der Waals surface area contributed by atoms with Crippen molar-refractivity contribution >= 4 is 15.7 Å². The number of nitrogens with zero attached hydrogens (tertiary/aromatic N) is 3. The number of nitrogens with one attached hydrogen (secondary N) is 1. The third-order valence-corrected chi connectivity index (χ3v) is 5.64. The molecule has 6 nitrogen and oxygen atoms in total. The van der Waals surface area contributed by atoms with Crippen LogP contribution < -0.4 is 10.2 Å². The second-order valence-corrected chi connectivity index (χ2v) is 8.03. The molecule has 0 amide bonds. The quantitative estimate of drug-likeness (QED) is 0.848. The first kappa shape index (κ1) is 15.3.